The highest BCUT2D eigenvalue weighted by Crippen LogP contribution is 2.36. The van der Waals surface area contributed by atoms with E-state index in [0.717, 1.165) is 16.8 Å². The Bertz CT molecular complexity index is 1000. The van der Waals surface area contributed by atoms with Gasteiger partial charge in [0, 0.05) is 17.8 Å². The van der Waals surface area contributed by atoms with Gasteiger partial charge in [-0.15, -0.1) is 0 Å². The van der Waals surface area contributed by atoms with Crippen molar-refractivity contribution in [2.45, 2.75) is 18.9 Å². The minimum Gasteiger partial charge on any atom is -0.497 e. The number of nitro groups is 1. The Labute approximate surface area is 180 Å². The summed E-state index contributed by atoms with van der Waals surface area (Å²) in [6.45, 7) is 2.01. The molecule has 0 saturated heterocycles. The molecular formula is C24H24N2O5. The second kappa shape index (κ2) is 10.2. The minimum absolute atomic E-state index is 0.0145. The summed E-state index contributed by atoms with van der Waals surface area (Å²) in [5.41, 5.74) is 2.27. The number of anilines is 1. The van der Waals surface area contributed by atoms with Crippen molar-refractivity contribution < 1.29 is 19.2 Å². The number of nitrogens with zero attached hydrogens (tertiary/aromatic N) is 1. The van der Waals surface area contributed by atoms with Crippen LogP contribution in [0, 0.1) is 10.1 Å². The fraction of sp³-hybridized carbons (Fsp3) is 0.208. The summed E-state index contributed by atoms with van der Waals surface area (Å²) in [7, 11) is 1.59. The van der Waals surface area contributed by atoms with Crippen LogP contribution in [0.1, 0.15) is 30.0 Å². The molecule has 0 bridgehead atoms. The van der Waals surface area contributed by atoms with E-state index in [9.17, 15) is 14.9 Å². The smallest absolute Gasteiger partial charge is 0.315 e. The summed E-state index contributed by atoms with van der Waals surface area (Å²) in [6.07, 6.45) is 0. The lowest BCUT2D eigenvalue weighted by Crippen LogP contribution is -2.28. The Morgan fingerprint density at radius 2 is 1.61 bits per heavy atom. The van der Waals surface area contributed by atoms with Crippen LogP contribution in [0.2, 0.25) is 0 Å². The molecule has 31 heavy (non-hydrogen) atoms. The fourth-order valence-electron chi connectivity index (χ4n) is 3.39. The van der Waals surface area contributed by atoms with Gasteiger partial charge in [0.25, 0.3) is 5.69 Å². The van der Waals surface area contributed by atoms with Crippen molar-refractivity contribution in [3.8, 4) is 5.75 Å². The minimum atomic E-state index is -0.662. The summed E-state index contributed by atoms with van der Waals surface area (Å²) in [5, 5.41) is 14.5. The molecule has 7 heteroatoms. The number of carbonyl (C=O) groups excluding carboxylic acids is 1. The molecule has 160 valence electrons. The number of ether oxygens (including phenoxy) is 2. The molecule has 3 aromatic rings. The van der Waals surface area contributed by atoms with E-state index in [0.29, 0.717) is 5.75 Å². The number of methoxy groups -OCH3 is 1. The van der Waals surface area contributed by atoms with Crippen LogP contribution in [0.25, 0.3) is 0 Å². The number of esters is 1. The van der Waals surface area contributed by atoms with Gasteiger partial charge >= 0.3 is 5.97 Å². The zero-order chi connectivity index (χ0) is 22.2. The maximum atomic E-state index is 13.0. The first-order valence-electron chi connectivity index (χ1n) is 9.90. The molecule has 0 aromatic heterocycles. The highest BCUT2D eigenvalue weighted by atomic mass is 16.6. The molecule has 0 saturated carbocycles. The lowest BCUT2D eigenvalue weighted by molar-refractivity contribution is -0.384. The Hall–Kier alpha value is -3.87. The Morgan fingerprint density at radius 3 is 2.16 bits per heavy atom. The molecule has 3 rings (SSSR count). The lowest BCUT2D eigenvalue weighted by atomic mass is 9.86. The number of nitro benzene ring substituents is 1. The second-order valence-corrected chi connectivity index (χ2v) is 6.84. The van der Waals surface area contributed by atoms with Gasteiger partial charge in [0.15, 0.2) is 0 Å². The number of carbonyl (C=O) groups is 1. The summed E-state index contributed by atoms with van der Waals surface area (Å²) >= 11 is 0. The number of hydrogen-bond acceptors (Lipinski definition) is 6. The van der Waals surface area contributed by atoms with Crippen molar-refractivity contribution in [2.75, 3.05) is 19.0 Å². The molecule has 0 amide bonds. The number of hydrogen-bond donors (Lipinski definition) is 1. The Kier molecular flexibility index (Phi) is 7.22. The van der Waals surface area contributed by atoms with Crippen molar-refractivity contribution in [3.63, 3.8) is 0 Å². The van der Waals surface area contributed by atoms with Crippen LogP contribution in [-0.2, 0) is 9.53 Å². The predicted molar refractivity (Wildman–Crippen MR) is 118 cm³/mol. The van der Waals surface area contributed by atoms with E-state index >= 15 is 0 Å². The zero-order valence-corrected chi connectivity index (χ0v) is 17.4. The van der Waals surface area contributed by atoms with Gasteiger partial charge in [-0.1, -0.05) is 42.5 Å². The van der Waals surface area contributed by atoms with Crippen molar-refractivity contribution in [3.05, 3.63) is 100 Å². The van der Waals surface area contributed by atoms with Gasteiger partial charge in [-0.05, 0) is 42.3 Å². The molecule has 3 aromatic carbocycles. The molecule has 0 fully saturated rings. The highest BCUT2D eigenvalue weighted by Gasteiger charge is 2.33. The summed E-state index contributed by atoms with van der Waals surface area (Å²) in [4.78, 5) is 23.7. The van der Waals surface area contributed by atoms with Gasteiger partial charge in [0.1, 0.15) is 11.7 Å². The summed E-state index contributed by atoms with van der Waals surface area (Å²) in [5.74, 6) is -0.329. The van der Waals surface area contributed by atoms with Crippen LogP contribution in [0.4, 0.5) is 11.4 Å². The third-order valence-electron chi connectivity index (χ3n) is 4.91. The van der Waals surface area contributed by atoms with E-state index < -0.39 is 16.9 Å². The Morgan fingerprint density at radius 1 is 0.968 bits per heavy atom. The molecule has 0 aliphatic rings. The summed E-state index contributed by atoms with van der Waals surface area (Å²) in [6, 6.07) is 22.4. The monoisotopic (exact) mass is 420 g/mol. The van der Waals surface area contributed by atoms with Crippen molar-refractivity contribution >= 4 is 17.3 Å². The van der Waals surface area contributed by atoms with E-state index in [2.05, 4.69) is 5.32 Å². The molecule has 0 aliphatic heterocycles. The molecule has 1 N–H and O–H groups in total. The second-order valence-electron chi connectivity index (χ2n) is 6.84. The van der Waals surface area contributed by atoms with Crippen molar-refractivity contribution in [2.24, 2.45) is 0 Å². The first kappa shape index (κ1) is 21.8. The van der Waals surface area contributed by atoms with E-state index in [1.54, 1.807) is 26.2 Å². The van der Waals surface area contributed by atoms with Gasteiger partial charge in [-0.25, -0.2) is 0 Å². The maximum absolute atomic E-state index is 13.0. The third-order valence-corrected chi connectivity index (χ3v) is 4.91. The van der Waals surface area contributed by atoms with Gasteiger partial charge in [0.2, 0.25) is 0 Å². The van der Waals surface area contributed by atoms with E-state index in [4.69, 9.17) is 9.47 Å². The van der Waals surface area contributed by atoms with Crippen LogP contribution < -0.4 is 10.1 Å². The van der Waals surface area contributed by atoms with Gasteiger partial charge in [-0.3, -0.25) is 14.9 Å². The maximum Gasteiger partial charge on any atom is 0.315 e. The largest absolute Gasteiger partial charge is 0.497 e. The normalized spacial score (nSPS) is 12.5. The fourth-order valence-corrected chi connectivity index (χ4v) is 3.39. The van der Waals surface area contributed by atoms with E-state index in [1.807, 2.05) is 54.6 Å². The molecule has 0 unspecified atom stereocenters. The van der Waals surface area contributed by atoms with Crippen LogP contribution in [0.5, 0.6) is 5.75 Å². The van der Waals surface area contributed by atoms with Crippen LogP contribution in [-0.4, -0.2) is 24.6 Å². The van der Waals surface area contributed by atoms with E-state index in [-0.39, 0.29) is 18.3 Å². The molecular weight excluding hydrogens is 396 g/mol. The van der Waals surface area contributed by atoms with Crippen LogP contribution in [0.15, 0.2) is 78.9 Å². The van der Waals surface area contributed by atoms with Crippen LogP contribution >= 0.6 is 0 Å². The van der Waals surface area contributed by atoms with Gasteiger partial charge in [0.05, 0.1) is 24.7 Å². The average molecular weight is 420 g/mol. The molecule has 7 nitrogen and oxygen atoms in total. The first-order chi connectivity index (χ1) is 15.0. The number of rotatable bonds is 9. The number of non-ortho nitro benzene ring substituents is 1. The van der Waals surface area contributed by atoms with Gasteiger partial charge < -0.3 is 14.8 Å². The SMILES string of the molecule is CCOC(=O)[C@H](c1ccccc1)[C@@H](Nc1ccc(OC)cc1)c1ccc([N+](=O)[O-])cc1. The molecule has 2 atom stereocenters. The predicted octanol–water partition coefficient (Wildman–Crippen LogP) is 5.10. The van der Waals surface area contributed by atoms with Crippen molar-refractivity contribution in [1.82, 2.24) is 0 Å². The molecule has 0 radical (unpaired) electrons. The zero-order valence-electron chi connectivity index (χ0n) is 17.4. The van der Waals surface area contributed by atoms with Crippen LogP contribution in [0.3, 0.4) is 0 Å². The number of nitrogens with one attached hydrogen (secondary N) is 1. The van der Waals surface area contributed by atoms with Gasteiger partial charge in [-0.2, -0.15) is 0 Å². The number of benzene rings is 3. The lowest BCUT2D eigenvalue weighted by Gasteiger charge is -2.28. The summed E-state index contributed by atoms with van der Waals surface area (Å²) < 4.78 is 10.6. The topological polar surface area (TPSA) is 90.7 Å². The first-order valence-corrected chi connectivity index (χ1v) is 9.90. The molecule has 0 heterocycles. The molecule has 0 spiro atoms. The third kappa shape index (κ3) is 5.39. The standard InChI is InChI=1S/C24H24N2O5/c1-3-31-24(27)22(17-7-5-4-6-8-17)23(18-9-13-20(14-10-18)26(28)29)25-19-11-15-21(30-2)16-12-19/h4-16,22-23,25H,3H2,1-2H3/t22-,23+/m1/s1. The quantitative estimate of drug-likeness (QED) is 0.294. The molecule has 0 aliphatic carbocycles. The highest BCUT2D eigenvalue weighted by molar-refractivity contribution is 5.80. The Balaban J connectivity index is 2.06. The van der Waals surface area contributed by atoms with E-state index in [1.165, 1.54) is 12.1 Å². The average Bonchev–Trinajstić information content (AvgIpc) is 2.80. The van der Waals surface area contributed by atoms with Crippen molar-refractivity contribution in [1.29, 1.82) is 0 Å².